The standard InChI is InChI=1S/C28H24ClN3O2S2/c1-18-13-14-20(16-22(18)29)30-27(33)17-35-21-8-6-7-19(15-21)31-28(34)32-23-9-2-4-11-25(23)36-26-12-5-3-10-24(26)32/h2-16,23,25H,17H2,1H3,(H,30,33)(H,31,34). The van der Waals surface area contributed by atoms with Crippen LogP contribution in [0.1, 0.15) is 5.56 Å². The van der Waals surface area contributed by atoms with Gasteiger partial charge in [-0.25, -0.2) is 4.79 Å². The summed E-state index contributed by atoms with van der Waals surface area (Å²) in [5.74, 6) is 0.112. The maximum Gasteiger partial charge on any atom is 0.326 e. The van der Waals surface area contributed by atoms with Crippen molar-refractivity contribution in [3.63, 3.8) is 0 Å². The largest absolute Gasteiger partial charge is 0.326 e. The molecular weight excluding hydrogens is 510 g/mol. The van der Waals surface area contributed by atoms with Gasteiger partial charge in [-0.05, 0) is 55.0 Å². The van der Waals surface area contributed by atoms with Gasteiger partial charge in [0, 0.05) is 26.2 Å². The highest BCUT2D eigenvalue weighted by molar-refractivity contribution is 8.00. The van der Waals surface area contributed by atoms with Crippen molar-refractivity contribution in [1.82, 2.24) is 0 Å². The number of hydrogen-bond acceptors (Lipinski definition) is 4. The molecule has 8 heteroatoms. The Bertz CT molecular complexity index is 1370. The van der Waals surface area contributed by atoms with Crippen LogP contribution in [-0.2, 0) is 4.79 Å². The average Bonchev–Trinajstić information content (AvgIpc) is 2.88. The normalized spacial score (nSPS) is 17.8. The SMILES string of the molecule is Cc1ccc(NC(=O)CSc2cccc(NC(=O)N3c4ccccc4SC4C=CC=CC43)c2)cc1Cl. The lowest BCUT2D eigenvalue weighted by Gasteiger charge is -2.40. The zero-order valence-corrected chi connectivity index (χ0v) is 21.9. The maximum absolute atomic E-state index is 13.5. The second-order valence-corrected chi connectivity index (χ2v) is 11.1. The predicted molar refractivity (Wildman–Crippen MR) is 152 cm³/mol. The van der Waals surface area contributed by atoms with Crippen LogP contribution in [0.2, 0.25) is 5.02 Å². The molecule has 0 spiro atoms. The summed E-state index contributed by atoms with van der Waals surface area (Å²) in [6.07, 6.45) is 8.23. The number of nitrogens with one attached hydrogen (secondary N) is 2. The van der Waals surface area contributed by atoms with Crippen molar-refractivity contribution in [2.45, 2.75) is 28.0 Å². The number of carbonyl (C=O) groups is 2. The van der Waals surface area contributed by atoms with Crippen LogP contribution in [0.15, 0.2) is 101 Å². The molecule has 5 nitrogen and oxygen atoms in total. The number of hydrogen-bond donors (Lipinski definition) is 2. The summed E-state index contributed by atoms with van der Waals surface area (Å²) >= 11 is 9.33. The van der Waals surface area contributed by atoms with Gasteiger partial charge in [0.1, 0.15) is 0 Å². The van der Waals surface area contributed by atoms with Crippen LogP contribution < -0.4 is 15.5 Å². The minimum absolute atomic E-state index is 0.0635. The molecule has 2 unspecified atom stereocenters. The first-order valence-corrected chi connectivity index (χ1v) is 13.7. The topological polar surface area (TPSA) is 61.4 Å². The third kappa shape index (κ3) is 5.48. The van der Waals surface area contributed by atoms with Crippen LogP contribution in [-0.4, -0.2) is 29.0 Å². The van der Waals surface area contributed by atoms with Crippen molar-refractivity contribution in [3.8, 4) is 0 Å². The molecule has 36 heavy (non-hydrogen) atoms. The van der Waals surface area contributed by atoms with Crippen molar-refractivity contribution in [2.75, 3.05) is 21.3 Å². The van der Waals surface area contributed by atoms with Crippen molar-refractivity contribution in [1.29, 1.82) is 0 Å². The first-order chi connectivity index (χ1) is 17.5. The Morgan fingerprint density at radius 1 is 0.972 bits per heavy atom. The first-order valence-electron chi connectivity index (χ1n) is 11.5. The Kier molecular flexibility index (Phi) is 7.41. The van der Waals surface area contributed by atoms with Gasteiger partial charge in [0.15, 0.2) is 0 Å². The molecule has 2 aliphatic rings. The zero-order valence-electron chi connectivity index (χ0n) is 19.5. The number of carbonyl (C=O) groups excluding carboxylic acids is 2. The molecule has 3 amide bonds. The van der Waals surface area contributed by atoms with Gasteiger partial charge >= 0.3 is 6.03 Å². The molecule has 3 aromatic carbocycles. The summed E-state index contributed by atoms with van der Waals surface area (Å²) in [5, 5.41) is 6.71. The van der Waals surface area contributed by atoms with Gasteiger partial charge in [-0.1, -0.05) is 60.2 Å². The molecular formula is C28H24ClN3O2S2. The summed E-state index contributed by atoms with van der Waals surface area (Å²) in [6, 6.07) is 20.7. The Morgan fingerprint density at radius 3 is 2.64 bits per heavy atom. The molecule has 3 aromatic rings. The predicted octanol–water partition coefficient (Wildman–Crippen LogP) is 7.39. The molecule has 1 aliphatic carbocycles. The summed E-state index contributed by atoms with van der Waals surface area (Å²) in [7, 11) is 0. The summed E-state index contributed by atoms with van der Waals surface area (Å²) in [5.41, 5.74) is 3.21. The lowest BCUT2D eigenvalue weighted by Crippen LogP contribution is -2.49. The highest BCUT2D eigenvalue weighted by atomic mass is 35.5. The Balaban J connectivity index is 1.25. The minimum Gasteiger partial charge on any atom is -0.325 e. The molecule has 0 aromatic heterocycles. The zero-order chi connectivity index (χ0) is 25.1. The molecule has 2 N–H and O–H groups in total. The average molecular weight is 534 g/mol. The molecule has 0 fully saturated rings. The lowest BCUT2D eigenvalue weighted by molar-refractivity contribution is -0.113. The van der Waals surface area contributed by atoms with E-state index in [1.807, 2.05) is 78.6 Å². The number of rotatable bonds is 5. The number of para-hydroxylation sites is 1. The Hall–Kier alpha value is -3.13. The summed E-state index contributed by atoms with van der Waals surface area (Å²) in [4.78, 5) is 29.7. The van der Waals surface area contributed by atoms with E-state index in [1.54, 1.807) is 17.8 Å². The van der Waals surface area contributed by atoms with Crippen LogP contribution in [0.5, 0.6) is 0 Å². The number of fused-ring (bicyclic) bond motifs is 2. The number of urea groups is 1. The van der Waals surface area contributed by atoms with Gasteiger partial charge in [-0.15, -0.1) is 23.5 Å². The third-order valence-electron chi connectivity index (χ3n) is 5.87. The van der Waals surface area contributed by atoms with Crippen LogP contribution in [0.25, 0.3) is 0 Å². The molecule has 0 saturated carbocycles. The number of anilines is 3. The minimum atomic E-state index is -0.186. The lowest BCUT2D eigenvalue weighted by atomic mass is 10.1. The second-order valence-electron chi connectivity index (χ2n) is 8.44. The molecule has 0 saturated heterocycles. The number of aryl methyl sites for hydroxylation is 1. The van der Waals surface area contributed by atoms with Crippen molar-refractivity contribution < 1.29 is 9.59 Å². The van der Waals surface area contributed by atoms with E-state index in [0.29, 0.717) is 16.4 Å². The van der Waals surface area contributed by atoms with Gasteiger partial charge in [-0.3, -0.25) is 9.69 Å². The number of amides is 3. The van der Waals surface area contributed by atoms with Gasteiger partial charge in [-0.2, -0.15) is 0 Å². The van der Waals surface area contributed by atoms with E-state index >= 15 is 0 Å². The maximum atomic E-state index is 13.5. The molecule has 5 rings (SSSR count). The van der Waals surface area contributed by atoms with Crippen molar-refractivity contribution >= 4 is 64.1 Å². The van der Waals surface area contributed by atoms with Crippen LogP contribution >= 0.6 is 35.1 Å². The van der Waals surface area contributed by atoms with Gasteiger partial charge in [0.05, 0.1) is 22.7 Å². The quantitative estimate of drug-likeness (QED) is 0.336. The van der Waals surface area contributed by atoms with Crippen molar-refractivity contribution in [3.05, 3.63) is 102 Å². The molecule has 182 valence electrons. The van der Waals surface area contributed by atoms with E-state index in [0.717, 1.165) is 21.0 Å². The molecule has 2 atom stereocenters. The fourth-order valence-electron chi connectivity index (χ4n) is 4.09. The number of allylic oxidation sites excluding steroid dienone is 2. The van der Waals surface area contributed by atoms with E-state index < -0.39 is 0 Å². The highest BCUT2D eigenvalue weighted by Crippen LogP contribution is 2.43. The van der Waals surface area contributed by atoms with Crippen LogP contribution in [0, 0.1) is 6.92 Å². The molecule has 0 radical (unpaired) electrons. The van der Waals surface area contributed by atoms with Gasteiger partial charge in [0.2, 0.25) is 5.91 Å². The third-order valence-corrected chi connectivity index (χ3v) is 8.58. The van der Waals surface area contributed by atoms with E-state index in [2.05, 4.69) is 28.9 Å². The monoisotopic (exact) mass is 533 g/mol. The Labute approximate surface area is 224 Å². The fourth-order valence-corrected chi connectivity index (χ4v) is 6.28. The van der Waals surface area contributed by atoms with E-state index in [9.17, 15) is 9.59 Å². The van der Waals surface area contributed by atoms with E-state index in [-0.39, 0.29) is 29.0 Å². The van der Waals surface area contributed by atoms with E-state index in [4.69, 9.17) is 11.6 Å². The molecule has 1 heterocycles. The Morgan fingerprint density at radius 2 is 1.78 bits per heavy atom. The smallest absolute Gasteiger partial charge is 0.325 e. The summed E-state index contributed by atoms with van der Waals surface area (Å²) < 4.78 is 0. The van der Waals surface area contributed by atoms with E-state index in [1.165, 1.54) is 11.8 Å². The number of nitrogens with zero attached hydrogens (tertiary/aromatic N) is 1. The highest BCUT2D eigenvalue weighted by Gasteiger charge is 2.36. The molecule has 1 aliphatic heterocycles. The molecule has 0 bridgehead atoms. The fraction of sp³-hybridized carbons (Fsp3) is 0.143. The van der Waals surface area contributed by atoms with Crippen LogP contribution in [0.3, 0.4) is 0 Å². The summed E-state index contributed by atoms with van der Waals surface area (Å²) in [6.45, 7) is 1.92. The van der Waals surface area contributed by atoms with Gasteiger partial charge in [0.25, 0.3) is 0 Å². The van der Waals surface area contributed by atoms with Crippen molar-refractivity contribution in [2.24, 2.45) is 0 Å². The van der Waals surface area contributed by atoms with Gasteiger partial charge < -0.3 is 10.6 Å². The number of thioether (sulfide) groups is 2. The van der Waals surface area contributed by atoms with Crippen LogP contribution in [0.4, 0.5) is 21.9 Å². The number of halogens is 1. The second kappa shape index (κ2) is 10.9. The number of benzene rings is 3. The first kappa shape index (κ1) is 24.6.